The quantitative estimate of drug-likeness (QED) is 0.587. The van der Waals surface area contributed by atoms with Gasteiger partial charge in [-0.25, -0.2) is 4.98 Å². The third-order valence-corrected chi connectivity index (χ3v) is 8.11. The highest BCUT2D eigenvalue weighted by molar-refractivity contribution is 7.85. The third-order valence-electron chi connectivity index (χ3n) is 6.64. The van der Waals surface area contributed by atoms with Crippen molar-refractivity contribution in [3.8, 4) is 0 Å². The van der Waals surface area contributed by atoms with Gasteiger partial charge in [-0.2, -0.15) is 0 Å². The number of H-pyrrole nitrogens is 1. The second-order valence-electron chi connectivity index (χ2n) is 9.01. The van der Waals surface area contributed by atoms with E-state index in [4.69, 9.17) is 9.51 Å². The first-order valence-electron chi connectivity index (χ1n) is 11.4. The first-order valence-corrected chi connectivity index (χ1v) is 12.7. The molecular formula is C23H30N5O3S+. The van der Waals surface area contributed by atoms with Gasteiger partial charge in [-0.15, -0.1) is 4.98 Å². The van der Waals surface area contributed by atoms with E-state index < -0.39 is 10.8 Å². The summed E-state index contributed by atoms with van der Waals surface area (Å²) in [5.74, 6) is 2.73. The fraction of sp³-hybridized carbons (Fsp3) is 0.522. The highest BCUT2D eigenvalue weighted by Gasteiger charge is 2.34. The number of benzene rings is 1. The van der Waals surface area contributed by atoms with Crippen LogP contribution in [0.4, 0.5) is 11.8 Å². The molecule has 2 aliphatic rings. The largest absolute Gasteiger partial charge is 0.393 e. The van der Waals surface area contributed by atoms with Crippen LogP contribution in [0.5, 0.6) is 0 Å². The van der Waals surface area contributed by atoms with Gasteiger partial charge < -0.3 is 14.9 Å². The molecule has 2 atom stereocenters. The van der Waals surface area contributed by atoms with Crippen molar-refractivity contribution >= 4 is 33.5 Å². The molecule has 0 saturated carbocycles. The number of hydrogen-bond donors (Lipinski definition) is 2. The van der Waals surface area contributed by atoms with Crippen LogP contribution in [0.2, 0.25) is 0 Å². The Balaban J connectivity index is 1.37. The number of fused-ring (bicyclic) bond motifs is 2. The van der Waals surface area contributed by atoms with Crippen LogP contribution in [0.25, 0.3) is 11.0 Å². The van der Waals surface area contributed by atoms with Gasteiger partial charge >= 0.3 is 5.95 Å². The Morgan fingerprint density at radius 1 is 1.31 bits per heavy atom. The van der Waals surface area contributed by atoms with E-state index in [1.54, 1.807) is 0 Å². The van der Waals surface area contributed by atoms with Crippen molar-refractivity contribution in [1.29, 1.82) is 0 Å². The van der Waals surface area contributed by atoms with Gasteiger partial charge in [-0.1, -0.05) is 31.1 Å². The van der Waals surface area contributed by atoms with Crippen LogP contribution in [0, 0.1) is 5.92 Å². The van der Waals surface area contributed by atoms with E-state index in [0.717, 1.165) is 64.9 Å². The number of aliphatic hydroxyl groups excluding tert-OH is 1. The van der Waals surface area contributed by atoms with Gasteiger partial charge in [0.1, 0.15) is 10.6 Å². The topological polar surface area (TPSA) is 106 Å². The molecule has 3 N–H and O–H groups in total. The lowest BCUT2D eigenvalue weighted by molar-refractivity contribution is -0.355. The van der Waals surface area contributed by atoms with E-state index in [0.29, 0.717) is 18.1 Å². The lowest BCUT2D eigenvalue weighted by Crippen LogP contribution is -2.40. The zero-order valence-corrected chi connectivity index (χ0v) is 19.3. The van der Waals surface area contributed by atoms with Crippen LogP contribution in [0.3, 0.4) is 0 Å². The molecular weight excluding hydrogens is 426 g/mol. The monoisotopic (exact) mass is 456 g/mol. The summed E-state index contributed by atoms with van der Waals surface area (Å²) in [7, 11) is -1.07. The molecule has 1 saturated heterocycles. The molecule has 2 unspecified atom stereocenters. The van der Waals surface area contributed by atoms with Crippen molar-refractivity contribution in [2.45, 2.75) is 50.0 Å². The summed E-state index contributed by atoms with van der Waals surface area (Å²) in [5, 5.41) is 18.7. The summed E-state index contributed by atoms with van der Waals surface area (Å²) >= 11 is 0. The Morgan fingerprint density at radius 3 is 2.84 bits per heavy atom. The summed E-state index contributed by atoms with van der Waals surface area (Å²) in [4.78, 5) is 11.3. The highest BCUT2D eigenvalue weighted by Crippen LogP contribution is 2.34. The van der Waals surface area contributed by atoms with Gasteiger partial charge in [0, 0.05) is 23.5 Å². The number of anilines is 2. The van der Waals surface area contributed by atoms with Gasteiger partial charge in [-0.05, 0) is 30.9 Å². The van der Waals surface area contributed by atoms with E-state index in [1.165, 1.54) is 0 Å². The predicted octanol–water partition coefficient (Wildman–Crippen LogP) is 2.51. The molecule has 8 nitrogen and oxygen atoms in total. The number of para-hydroxylation sites is 1. The van der Waals surface area contributed by atoms with Gasteiger partial charge in [0.2, 0.25) is 5.82 Å². The molecule has 0 amide bonds. The molecule has 1 fully saturated rings. The molecule has 170 valence electrons. The van der Waals surface area contributed by atoms with E-state index in [2.05, 4.69) is 40.3 Å². The normalized spacial score (nSPS) is 20.1. The van der Waals surface area contributed by atoms with Crippen molar-refractivity contribution in [2.24, 2.45) is 5.92 Å². The molecule has 0 radical (unpaired) electrons. The van der Waals surface area contributed by atoms with E-state index in [1.807, 2.05) is 18.2 Å². The standard InChI is InChI=1S/C23H29N5O3S/c1-14(2)18(13-29)24-22-21-17(9-12-32(21)30)25-23(26-22)28-10-7-15(8-11-28)20-16-5-3-4-6-19(16)31-27-20/h3-6,14-15,18,29H,7-13H2,1-2H3,(H,24,25,26)/p+1. The zero-order valence-electron chi connectivity index (χ0n) is 18.5. The van der Waals surface area contributed by atoms with E-state index in [-0.39, 0.29) is 18.6 Å². The maximum atomic E-state index is 12.6. The maximum absolute atomic E-state index is 12.6. The van der Waals surface area contributed by atoms with Gasteiger partial charge in [0.25, 0.3) is 0 Å². The fourth-order valence-corrected chi connectivity index (χ4v) is 5.98. The van der Waals surface area contributed by atoms with Crippen LogP contribution in [-0.2, 0) is 17.2 Å². The first-order chi connectivity index (χ1) is 15.5. The molecule has 32 heavy (non-hydrogen) atoms. The summed E-state index contributed by atoms with van der Waals surface area (Å²) in [5.41, 5.74) is 2.78. The van der Waals surface area contributed by atoms with Crippen molar-refractivity contribution in [3.63, 3.8) is 0 Å². The number of nitrogens with one attached hydrogen (secondary N) is 2. The van der Waals surface area contributed by atoms with Gasteiger partial charge in [0.15, 0.2) is 5.58 Å². The molecule has 3 aromatic rings. The fourth-order valence-electron chi connectivity index (χ4n) is 4.65. The van der Waals surface area contributed by atoms with Crippen LogP contribution in [0.15, 0.2) is 33.7 Å². The Labute approximate surface area is 189 Å². The summed E-state index contributed by atoms with van der Waals surface area (Å²) in [6.07, 6.45) is 2.64. The van der Waals surface area contributed by atoms with Crippen LogP contribution < -0.4 is 15.2 Å². The SMILES string of the molecule is CC(C)C(CO)Nc1[nH+]c(N2CCC(c3noc4ccccc34)CC2)nc2c1S(=O)CC2. The number of aromatic nitrogens is 3. The third kappa shape index (κ3) is 3.88. The van der Waals surface area contributed by atoms with Gasteiger partial charge in [-0.3, -0.25) is 9.11 Å². The minimum absolute atomic E-state index is 0.0155. The minimum atomic E-state index is -1.07. The average Bonchev–Trinajstić information content (AvgIpc) is 3.41. The van der Waals surface area contributed by atoms with E-state index in [9.17, 15) is 9.32 Å². The van der Waals surface area contributed by atoms with Crippen molar-refractivity contribution in [2.75, 3.05) is 35.7 Å². The minimum Gasteiger partial charge on any atom is -0.393 e. The maximum Gasteiger partial charge on any atom is 0.347 e. The number of piperidine rings is 1. The second kappa shape index (κ2) is 8.78. The molecule has 2 aromatic heterocycles. The number of nitrogens with zero attached hydrogens (tertiary/aromatic N) is 3. The molecule has 9 heteroatoms. The zero-order chi connectivity index (χ0) is 22.2. The van der Waals surface area contributed by atoms with Crippen molar-refractivity contribution in [1.82, 2.24) is 10.1 Å². The number of aliphatic hydroxyl groups is 1. The van der Waals surface area contributed by atoms with Crippen LogP contribution in [0.1, 0.15) is 44.0 Å². The Hall–Kier alpha value is -2.52. The summed E-state index contributed by atoms with van der Waals surface area (Å²) in [6.45, 7) is 5.84. The second-order valence-corrected chi connectivity index (χ2v) is 10.5. The summed E-state index contributed by atoms with van der Waals surface area (Å²) in [6, 6.07) is 7.91. The highest BCUT2D eigenvalue weighted by atomic mass is 32.2. The lowest BCUT2D eigenvalue weighted by Gasteiger charge is -2.28. The molecule has 1 aromatic carbocycles. The van der Waals surface area contributed by atoms with Crippen LogP contribution in [-0.4, -0.2) is 50.9 Å². The Morgan fingerprint density at radius 2 is 2.09 bits per heavy atom. The number of aromatic amines is 1. The lowest BCUT2D eigenvalue weighted by atomic mass is 9.92. The van der Waals surface area contributed by atoms with E-state index >= 15 is 0 Å². The Kier molecular flexibility index (Phi) is 5.86. The molecule has 4 heterocycles. The molecule has 2 aliphatic heterocycles. The molecule has 0 spiro atoms. The van der Waals surface area contributed by atoms with Crippen molar-refractivity contribution < 1.29 is 18.8 Å². The smallest absolute Gasteiger partial charge is 0.347 e. The number of aryl methyl sites for hydroxylation is 1. The molecule has 5 rings (SSSR count). The molecule has 0 bridgehead atoms. The molecule has 0 aliphatic carbocycles. The van der Waals surface area contributed by atoms with Gasteiger partial charge in [0.05, 0.1) is 42.2 Å². The van der Waals surface area contributed by atoms with Crippen LogP contribution >= 0.6 is 0 Å². The average molecular weight is 457 g/mol. The predicted molar refractivity (Wildman–Crippen MR) is 123 cm³/mol. The summed E-state index contributed by atoms with van der Waals surface area (Å²) < 4.78 is 18.1. The Bertz CT molecular complexity index is 1140. The first kappa shape index (κ1) is 21.3. The van der Waals surface area contributed by atoms with Crippen molar-refractivity contribution in [3.05, 3.63) is 35.7 Å². The number of hydrogen-bond acceptors (Lipinski definition) is 7. The number of rotatable bonds is 6.